The van der Waals surface area contributed by atoms with Gasteiger partial charge >= 0.3 is 0 Å². The van der Waals surface area contributed by atoms with E-state index >= 15 is 0 Å². The molecule has 0 saturated carbocycles. The van der Waals surface area contributed by atoms with Gasteiger partial charge in [-0.15, -0.1) is 0 Å². The number of benzene rings is 2. The van der Waals surface area contributed by atoms with Gasteiger partial charge in [-0.25, -0.2) is 0 Å². The van der Waals surface area contributed by atoms with Crippen molar-refractivity contribution in [2.45, 2.75) is 20.4 Å². The number of ether oxygens (including phenoxy) is 1. The Balaban J connectivity index is 2.10. The van der Waals surface area contributed by atoms with Crippen LogP contribution in [0.2, 0.25) is 0 Å². The van der Waals surface area contributed by atoms with Crippen molar-refractivity contribution in [3.63, 3.8) is 0 Å². The van der Waals surface area contributed by atoms with E-state index in [-0.39, 0.29) is 0 Å². The molecule has 0 aliphatic carbocycles. The number of fused-ring (bicyclic) bond motifs is 1. The summed E-state index contributed by atoms with van der Waals surface area (Å²) in [6.07, 6.45) is 0. The number of hydrogen-bond acceptors (Lipinski definition) is 3. The lowest BCUT2D eigenvalue weighted by molar-refractivity contribution is 0.486. The minimum absolute atomic E-state index is 0.397. The fraction of sp³-hybridized carbons (Fsp3) is 0.167. The van der Waals surface area contributed by atoms with E-state index in [1.165, 1.54) is 11.1 Å². The van der Waals surface area contributed by atoms with E-state index in [9.17, 15) is 0 Å². The third kappa shape index (κ3) is 2.88. The molecule has 3 aromatic rings. The Kier molecular flexibility index (Phi) is 3.59. The Bertz CT molecular complexity index is 776. The second kappa shape index (κ2) is 5.54. The molecule has 0 amide bonds. The molecule has 0 radical (unpaired) electrons. The van der Waals surface area contributed by atoms with Crippen LogP contribution < -0.4 is 10.5 Å². The number of nitrogens with two attached hydrogens (primary N) is 1. The normalized spacial score (nSPS) is 10.8. The van der Waals surface area contributed by atoms with Crippen molar-refractivity contribution in [1.29, 1.82) is 0 Å². The van der Waals surface area contributed by atoms with Crippen molar-refractivity contribution in [2.75, 3.05) is 0 Å². The molecule has 0 fully saturated rings. The van der Waals surface area contributed by atoms with Gasteiger partial charge in [-0.3, -0.25) is 4.98 Å². The third-order valence-corrected chi connectivity index (χ3v) is 3.36. The zero-order valence-corrected chi connectivity index (χ0v) is 12.3. The number of aryl methyl sites for hydroxylation is 2. The molecular formula is C18H18N2O. The van der Waals surface area contributed by atoms with Crippen LogP contribution in [0.1, 0.15) is 16.8 Å². The summed E-state index contributed by atoms with van der Waals surface area (Å²) >= 11 is 0. The summed E-state index contributed by atoms with van der Waals surface area (Å²) in [7, 11) is 0. The van der Waals surface area contributed by atoms with E-state index in [1.807, 2.05) is 42.5 Å². The number of rotatable bonds is 3. The van der Waals surface area contributed by atoms with E-state index in [0.717, 1.165) is 28.1 Å². The van der Waals surface area contributed by atoms with Gasteiger partial charge in [0.25, 0.3) is 0 Å². The van der Waals surface area contributed by atoms with E-state index < -0.39 is 0 Å². The lowest BCUT2D eigenvalue weighted by Gasteiger charge is -2.11. The van der Waals surface area contributed by atoms with Crippen LogP contribution in [0.25, 0.3) is 10.9 Å². The Morgan fingerprint density at radius 2 is 1.71 bits per heavy atom. The maximum absolute atomic E-state index is 6.10. The molecule has 2 aromatic carbocycles. The SMILES string of the molecule is Cc1cc(C)cc(Oc2cc(CN)nc3ccccc23)c1. The summed E-state index contributed by atoms with van der Waals surface area (Å²) in [5.41, 5.74) is 9.83. The molecule has 2 N–H and O–H groups in total. The van der Waals surface area contributed by atoms with Crippen LogP contribution in [-0.4, -0.2) is 4.98 Å². The number of aromatic nitrogens is 1. The Morgan fingerprint density at radius 3 is 2.43 bits per heavy atom. The summed E-state index contributed by atoms with van der Waals surface area (Å²) in [6.45, 7) is 4.53. The first-order valence-corrected chi connectivity index (χ1v) is 7.00. The molecule has 0 aliphatic rings. The third-order valence-electron chi connectivity index (χ3n) is 3.36. The molecular weight excluding hydrogens is 260 g/mol. The number of para-hydroxylation sites is 1. The molecule has 0 bridgehead atoms. The minimum Gasteiger partial charge on any atom is -0.457 e. The predicted octanol–water partition coefficient (Wildman–Crippen LogP) is 4.10. The van der Waals surface area contributed by atoms with Gasteiger partial charge in [-0.05, 0) is 49.2 Å². The van der Waals surface area contributed by atoms with Crippen LogP contribution in [-0.2, 0) is 6.54 Å². The molecule has 3 nitrogen and oxygen atoms in total. The molecule has 3 heteroatoms. The second-order valence-corrected chi connectivity index (χ2v) is 5.26. The van der Waals surface area contributed by atoms with E-state index in [2.05, 4.69) is 24.9 Å². The number of nitrogens with zero attached hydrogens (tertiary/aromatic N) is 1. The van der Waals surface area contributed by atoms with Crippen LogP contribution in [0.5, 0.6) is 11.5 Å². The van der Waals surface area contributed by atoms with Crippen LogP contribution in [0.3, 0.4) is 0 Å². The van der Waals surface area contributed by atoms with Gasteiger partial charge in [0.15, 0.2) is 0 Å². The van der Waals surface area contributed by atoms with Crippen molar-refractivity contribution in [1.82, 2.24) is 4.98 Å². The molecule has 0 saturated heterocycles. The van der Waals surface area contributed by atoms with Gasteiger partial charge in [-0.1, -0.05) is 18.2 Å². The average Bonchev–Trinajstić information content (AvgIpc) is 2.46. The fourth-order valence-electron chi connectivity index (χ4n) is 2.50. The first-order chi connectivity index (χ1) is 10.2. The highest BCUT2D eigenvalue weighted by Crippen LogP contribution is 2.30. The van der Waals surface area contributed by atoms with Crippen molar-refractivity contribution < 1.29 is 4.74 Å². The van der Waals surface area contributed by atoms with Gasteiger partial charge < -0.3 is 10.5 Å². The lowest BCUT2D eigenvalue weighted by atomic mass is 10.1. The van der Waals surface area contributed by atoms with Crippen LogP contribution in [0.15, 0.2) is 48.5 Å². The molecule has 1 heterocycles. The summed E-state index contributed by atoms with van der Waals surface area (Å²) in [4.78, 5) is 4.53. The largest absolute Gasteiger partial charge is 0.457 e. The Labute approximate surface area is 124 Å². The maximum Gasteiger partial charge on any atom is 0.138 e. The quantitative estimate of drug-likeness (QED) is 0.784. The summed E-state index contributed by atoms with van der Waals surface area (Å²) in [5.74, 6) is 1.64. The first kappa shape index (κ1) is 13.6. The Morgan fingerprint density at radius 1 is 1.00 bits per heavy atom. The van der Waals surface area contributed by atoms with Gasteiger partial charge in [0.2, 0.25) is 0 Å². The lowest BCUT2D eigenvalue weighted by Crippen LogP contribution is -2.00. The highest BCUT2D eigenvalue weighted by Gasteiger charge is 2.07. The molecule has 0 atom stereocenters. The van der Waals surface area contributed by atoms with Gasteiger partial charge in [0, 0.05) is 18.0 Å². The summed E-state index contributed by atoms with van der Waals surface area (Å²) in [5, 5.41) is 0.994. The molecule has 1 aromatic heterocycles. The summed E-state index contributed by atoms with van der Waals surface area (Å²) in [6, 6.07) is 16.1. The monoisotopic (exact) mass is 278 g/mol. The average molecular weight is 278 g/mol. The summed E-state index contributed by atoms with van der Waals surface area (Å²) < 4.78 is 6.10. The molecule has 3 rings (SSSR count). The number of pyridine rings is 1. The van der Waals surface area contributed by atoms with Crippen LogP contribution in [0.4, 0.5) is 0 Å². The van der Waals surface area contributed by atoms with Crippen LogP contribution >= 0.6 is 0 Å². The number of hydrogen-bond donors (Lipinski definition) is 1. The standard InChI is InChI=1S/C18H18N2O/c1-12-7-13(2)9-15(8-12)21-18-10-14(11-19)20-17-6-4-3-5-16(17)18/h3-10H,11,19H2,1-2H3. The molecule has 0 spiro atoms. The maximum atomic E-state index is 6.10. The van der Waals surface area contributed by atoms with Crippen LogP contribution in [0, 0.1) is 13.8 Å². The molecule has 106 valence electrons. The van der Waals surface area contributed by atoms with Crippen molar-refractivity contribution in [2.24, 2.45) is 5.73 Å². The van der Waals surface area contributed by atoms with Crippen molar-refractivity contribution >= 4 is 10.9 Å². The van der Waals surface area contributed by atoms with Gasteiger partial charge in [0.1, 0.15) is 11.5 Å². The highest BCUT2D eigenvalue weighted by atomic mass is 16.5. The highest BCUT2D eigenvalue weighted by molar-refractivity contribution is 5.85. The van der Waals surface area contributed by atoms with E-state index in [4.69, 9.17) is 10.5 Å². The second-order valence-electron chi connectivity index (χ2n) is 5.26. The van der Waals surface area contributed by atoms with Crippen molar-refractivity contribution in [3.8, 4) is 11.5 Å². The Hall–Kier alpha value is -2.39. The fourth-order valence-corrected chi connectivity index (χ4v) is 2.50. The van der Waals surface area contributed by atoms with Gasteiger partial charge in [0.05, 0.1) is 11.2 Å². The molecule has 0 aliphatic heterocycles. The van der Waals surface area contributed by atoms with E-state index in [0.29, 0.717) is 6.54 Å². The smallest absolute Gasteiger partial charge is 0.138 e. The minimum atomic E-state index is 0.397. The molecule has 0 unspecified atom stereocenters. The topological polar surface area (TPSA) is 48.1 Å². The zero-order valence-electron chi connectivity index (χ0n) is 12.3. The molecule has 21 heavy (non-hydrogen) atoms. The van der Waals surface area contributed by atoms with Crippen molar-refractivity contribution in [3.05, 3.63) is 65.4 Å². The van der Waals surface area contributed by atoms with Gasteiger partial charge in [-0.2, -0.15) is 0 Å². The van der Waals surface area contributed by atoms with E-state index in [1.54, 1.807) is 0 Å². The predicted molar refractivity (Wildman–Crippen MR) is 85.6 cm³/mol. The zero-order chi connectivity index (χ0) is 14.8. The first-order valence-electron chi connectivity index (χ1n) is 7.00.